The van der Waals surface area contributed by atoms with E-state index in [2.05, 4.69) is 15.3 Å². The molecule has 0 radical (unpaired) electrons. The Kier molecular flexibility index (Phi) is 5.40. The van der Waals surface area contributed by atoms with Crippen LogP contribution in [0.3, 0.4) is 0 Å². The first-order valence-corrected chi connectivity index (χ1v) is 8.53. The number of amides is 1. The standard InChI is InChI=1S/C19H15Cl2N3O2/c1-11-8-12(2)23-19(22-11)26-15-5-3-4-14(10-15)24-18(25)16-7-6-13(20)9-17(16)21/h3-10H,1-2H3,(H,24,25). The Balaban J connectivity index is 1.77. The summed E-state index contributed by atoms with van der Waals surface area (Å²) in [6.07, 6.45) is 0. The van der Waals surface area contributed by atoms with Crippen molar-refractivity contribution in [1.29, 1.82) is 0 Å². The number of benzene rings is 2. The molecule has 1 heterocycles. The average Bonchev–Trinajstić information content (AvgIpc) is 2.54. The number of nitrogens with one attached hydrogen (secondary N) is 1. The van der Waals surface area contributed by atoms with Gasteiger partial charge in [-0.05, 0) is 50.2 Å². The van der Waals surface area contributed by atoms with Crippen LogP contribution < -0.4 is 10.1 Å². The Morgan fingerprint density at radius 3 is 2.42 bits per heavy atom. The summed E-state index contributed by atoms with van der Waals surface area (Å²) < 4.78 is 5.69. The van der Waals surface area contributed by atoms with Crippen LogP contribution in [0.25, 0.3) is 0 Å². The van der Waals surface area contributed by atoms with Crippen molar-refractivity contribution >= 4 is 34.8 Å². The molecular weight excluding hydrogens is 373 g/mol. The normalized spacial score (nSPS) is 10.5. The highest BCUT2D eigenvalue weighted by Crippen LogP contribution is 2.25. The molecule has 5 nitrogen and oxygen atoms in total. The molecule has 0 aliphatic rings. The van der Waals surface area contributed by atoms with Gasteiger partial charge in [0.15, 0.2) is 0 Å². The zero-order chi connectivity index (χ0) is 18.7. The van der Waals surface area contributed by atoms with Crippen LogP contribution in [0.5, 0.6) is 11.8 Å². The second-order valence-corrected chi connectivity index (χ2v) is 6.49. The van der Waals surface area contributed by atoms with Gasteiger partial charge in [0.1, 0.15) is 5.75 Å². The Morgan fingerprint density at radius 1 is 1.00 bits per heavy atom. The zero-order valence-corrected chi connectivity index (χ0v) is 15.6. The zero-order valence-electron chi connectivity index (χ0n) is 14.1. The summed E-state index contributed by atoms with van der Waals surface area (Å²) in [6, 6.07) is 13.8. The van der Waals surface area contributed by atoms with Crippen molar-refractivity contribution in [1.82, 2.24) is 9.97 Å². The first-order valence-electron chi connectivity index (χ1n) is 7.77. The summed E-state index contributed by atoms with van der Waals surface area (Å²) in [6.45, 7) is 3.74. The first-order chi connectivity index (χ1) is 12.4. The number of anilines is 1. The van der Waals surface area contributed by atoms with E-state index in [1.165, 1.54) is 6.07 Å². The maximum Gasteiger partial charge on any atom is 0.322 e. The Morgan fingerprint density at radius 2 is 1.73 bits per heavy atom. The van der Waals surface area contributed by atoms with Crippen LogP contribution in [0, 0.1) is 13.8 Å². The summed E-state index contributed by atoms with van der Waals surface area (Å²) in [5, 5.41) is 3.53. The topological polar surface area (TPSA) is 64.1 Å². The molecule has 0 saturated heterocycles. The van der Waals surface area contributed by atoms with Crippen LogP contribution in [-0.2, 0) is 0 Å². The third-order valence-corrected chi connectivity index (χ3v) is 3.99. The number of aromatic nitrogens is 2. The van der Waals surface area contributed by atoms with Gasteiger partial charge in [-0.15, -0.1) is 0 Å². The minimum absolute atomic E-state index is 0.256. The lowest BCUT2D eigenvalue weighted by molar-refractivity contribution is 0.102. The Labute approximate surface area is 161 Å². The van der Waals surface area contributed by atoms with Gasteiger partial charge in [-0.3, -0.25) is 4.79 Å². The van der Waals surface area contributed by atoms with Gasteiger partial charge in [-0.25, -0.2) is 9.97 Å². The van der Waals surface area contributed by atoms with E-state index in [0.717, 1.165) is 11.4 Å². The lowest BCUT2D eigenvalue weighted by Gasteiger charge is -2.09. The molecule has 26 heavy (non-hydrogen) atoms. The van der Waals surface area contributed by atoms with E-state index in [1.54, 1.807) is 36.4 Å². The maximum atomic E-state index is 12.4. The number of aryl methyl sites for hydroxylation is 2. The number of hydrogen-bond acceptors (Lipinski definition) is 4. The van der Waals surface area contributed by atoms with Crippen LogP contribution in [0.2, 0.25) is 10.0 Å². The molecule has 0 fully saturated rings. The molecule has 2 aromatic carbocycles. The van der Waals surface area contributed by atoms with Gasteiger partial charge >= 0.3 is 6.01 Å². The van der Waals surface area contributed by atoms with Crippen LogP contribution in [0.15, 0.2) is 48.5 Å². The average molecular weight is 388 g/mol. The summed E-state index contributed by atoms with van der Waals surface area (Å²) >= 11 is 11.9. The monoisotopic (exact) mass is 387 g/mol. The van der Waals surface area contributed by atoms with E-state index < -0.39 is 0 Å². The van der Waals surface area contributed by atoms with Gasteiger partial charge in [0, 0.05) is 28.2 Å². The van der Waals surface area contributed by atoms with E-state index in [4.69, 9.17) is 27.9 Å². The minimum Gasteiger partial charge on any atom is -0.424 e. The maximum absolute atomic E-state index is 12.4. The fourth-order valence-corrected chi connectivity index (χ4v) is 2.85. The lowest BCUT2D eigenvalue weighted by Crippen LogP contribution is -2.12. The predicted molar refractivity (Wildman–Crippen MR) is 102 cm³/mol. The van der Waals surface area contributed by atoms with E-state index in [-0.39, 0.29) is 16.9 Å². The molecule has 0 unspecified atom stereocenters. The third kappa shape index (κ3) is 4.50. The molecule has 7 heteroatoms. The van der Waals surface area contributed by atoms with Gasteiger partial charge in [0.05, 0.1) is 10.6 Å². The summed E-state index contributed by atoms with van der Waals surface area (Å²) in [5.74, 6) is 0.168. The molecule has 0 atom stereocenters. The fraction of sp³-hybridized carbons (Fsp3) is 0.105. The molecule has 0 bridgehead atoms. The summed E-state index contributed by atoms with van der Waals surface area (Å²) in [4.78, 5) is 20.9. The second kappa shape index (κ2) is 7.72. The molecular formula is C19H15Cl2N3O2. The van der Waals surface area contributed by atoms with Crippen molar-refractivity contribution in [3.05, 3.63) is 75.5 Å². The van der Waals surface area contributed by atoms with Gasteiger partial charge in [-0.1, -0.05) is 29.3 Å². The van der Waals surface area contributed by atoms with Crippen molar-refractivity contribution in [2.75, 3.05) is 5.32 Å². The number of nitrogens with zero attached hydrogens (tertiary/aromatic N) is 2. The van der Waals surface area contributed by atoms with Gasteiger partial charge < -0.3 is 10.1 Å². The molecule has 0 spiro atoms. The van der Waals surface area contributed by atoms with Crippen molar-refractivity contribution < 1.29 is 9.53 Å². The highest BCUT2D eigenvalue weighted by atomic mass is 35.5. The van der Waals surface area contributed by atoms with Crippen molar-refractivity contribution in [2.24, 2.45) is 0 Å². The number of carbonyl (C=O) groups is 1. The van der Waals surface area contributed by atoms with Crippen molar-refractivity contribution in [2.45, 2.75) is 13.8 Å². The van der Waals surface area contributed by atoms with Gasteiger partial charge in [0.25, 0.3) is 5.91 Å². The number of halogens is 2. The SMILES string of the molecule is Cc1cc(C)nc(Oc2cccc(NC(=O)c3ccc(Cl)cc3Cl)c2)n1. The second-order valence-electron chi connectivity index (χ2n) is 5.64. The predicted octanol–water partition coefficient (Wildman–Crippen LogP) is 5.44. The molecule has 0 saturated carbocycles. The molecule has 1 N–H and O–H groups in total. The van der Waals surface area contributed by atoms with Crippen LogP contribution in [0.1, 0.15) is 21.7 Å². The van der Waals surface area contributed by atoms with E-state index in [1.807, 2.05) is 19.9 Å². The molecule has 1 aromatic heterocycles. The number of carbonyl (C=O) groups excluding carboxylic acids is 1. The van der Waals surface area contributed by atoms with Crippen LogP contribution >= 0.6 is 23.2 Å². The number of ether oxygens (including phenoxy) is 1. The van der Waals surface area contributed by atoms with E-state index in [9.17, 15) is 4.79 Å². The molecule has 3 aromatic rings. The van der Waals surface area contributed by atoms with E-state index >= 15 is 0 Å². The van der Waals surface area contributed by atoms with Crippen LogP contribution in [0.4, 0.5) is 5.69 Å². The van der Waals surface area contributed by atoms with Crippen molar-refractivity contribution in [3.8, 4) is 11.8 Å². The van der Waals surface area contributed by atoms with Gasteiger partial charge in [0.2, 0.25) is 0 Å². The lowest BCUT2D eigenvalue weighted by atomic mass is 10.2. The summed E-state index contributed by atoms with van der Waals surface area (Å²) in [5.41, 5.74) is 2.52. The third-order valence-electron chi connectivity index (χ3n) is 3.44. The minimum atomic E-state index is -0.341. The molecule has 1 amide bonds. The van der Waals surface area contributed by atoms with Crippen molar-refractivity contribution in [3.63, 3.8) is 0 Å². The smallest absolute Gasteiger partial charge is 0.322 e. The highest BCUT2D eigenvalue weighted by Gasteiger charge is 2.12. The highest BCUT2D eigenvalue weighted by molar-refractivity contribution is 6.37. The molecule has 132 valence electrons. The largest absolute Gasteiger partial charge is 0.424 e. The van der Waals surface area contributed by atoms with Gasteiger partial charge in [-0.2, -0.15) is 0 Å². The number of rotatable bonds is 4. The van der Waals surface area contributed by atoms with Crippen LogP contribution in [-0.4, -0.2) is 15.9 Å². The molecule has 0 aliphatic heterocycles. The van der Waals surface area contributed by atoms with E-state index in [0.29, 0.717) is 22.0 Å². The fourth-order valence-electron chi connectivity index (χ4n) is 2.35. The quantitative estimate of drug-likeness (QED) is 0.646. The molecule has 3 rings (SSSR count). The Hall–Kier alpha value is -2.63. The first kappa shape index (κ1) is 18.2. The Bertz CT molecular complexity index is 956. The summed E-state index contributed by atoms with van der Waals surface area (Å²) in [7, 11) is 0. The number of hydrogen-bond donors (Lipinski definition) is 1. The molecule has 0 aliphatic carbocycles.